The fourth-order valence-corrected chi connectivity index (χ4v) is 5.21. The molecule has 0 N–H and O–H groups in total. The van der Waals surface area contributed by atoms with Gasteiger partial charge in [0.1, 0.15) is 0 Å². The van der Waals surface area contributed by atoms with E-state index in [0.29, 0.717) is 11.2 Å². The minimum Gasteiger partial charge on any atom is -0.343 e. The molecule has 1 aromatic heterocycles. The van der Waals surface area contributed by atoms with Crippen molar-refractivity contribution in [2.75, 3.05) is 11.9 Å². The molecule has 0 amide bonds. The maximum absolute atomic E-state index is 13.5. The van der Waals surface area contributed by atoms with Crippen LogP contribution >= 0.6 is 0 Å². The van der Waals surface area contributed by atoms with Crippen LogP contribution in [0, 0.1) is 13.8 Å². The third-order valence-electron chi connectivity index (χ3n) is 5.06. The maximum Gasteiger partial charge on any atom is 0.268 e. The molecule has 0 atom stereocenters. The van der Waals surface area contributed by atoms with Gasteiger partial charge in [-0.2, -0.15) is 0 Å². The number of hydrogen-bond acceptors (Lipinski definition) is 3. The van der Waals surface area contributed by atoms with Crippen LogP contribution in [-0.2, 0) is 10.0 Å². The lowest BCUT2D eigenvalue weighted by molar-refractivity contribution is 0.588. The Morgan fingerprint density at radius 2 is 1.39 bits per heavy atom. The van der Waals surface area contributed by atoms with Crippen LogP contribution in [0.5, 0.6) is 0 Å². The largest absolute Gasteiger partial charge is 0.343 e. The summed E-state index contributed by atoms with van der Waals surface area (Å²) in [5.41, 5.74) is 4.28. The average molecular weight is 391 g/mol. The van der Waals surface area contributed by atoms with Crippen molar-refractivity contribution in [1.82, 2.24) is 3.97 Å². The average Bonchev–Trinajstić information content (AvgIpc) is 3.01. The first-order chi connectivity index (χ1) is 13.4. The van der Waals surface area contributed by atoms with Crippen LogP contribution in [0.15, 0.2) is 83.8 Å². The molecule has 1 heterocycles. The van der Waals surface area contributed by atoms with Crippen molar-refractivity contribution in [2.45, 2.75) is 18.7 Å². The molecule has 0 radical (unpaired) electrons. The molecule has 0 aliphatic heterocycles. The predicted molar refractivity (Wildman–Crippen MR) is 115 cm³/mol. The van der Waals surface area contributed by atoms with E-state index >= 15 is 0 Å². The number of fused-ring (bicyclic) bond motifs is 1. The highest BCUT2D eigenvalue weighted by Gasteiger charge is 2.26. The van der Waals surface area contributed by atoms with E-state index in [4.69, 9.17) is 0 Å². The molecular weight excluding hydrogens is 368 g/mol. The lowest BCUT2D eigenvalue weighted by atomic mass is 10.2. The van der Waals surface area contributed by atoms with Gasteiger partial charge in [0, 0.05) is 18.1 Å². The molecule has 0 aliphatic carbocycles. The second-order valence-electron chi connectivity index (χ2n) is 6.93. The Balaban J connectivity index is 1.98. The van der Waals surface area contributed by atoms with Crippen molar-refractivity contribution in [3.63, 3.8) is 0 Å². The Morgan fingerprint density at radius 3 is 2.07 bits per heavy atom. The van der Waals surface area contributed by atoms with E-state index in [2.05, 4.69) is 0 Å². The number of aromatic nitrogens is 1. The first-order valence-electron chi connectivity index (χ1n) is 9.12. The first kappa shape index (κ1) is 18.3. The Labute approximate surface area is 165 Å². The van der Waals surface area contributed by atoms with Gasteiger partial charge in [-0.15, -0.1) is 0 Å². The number of benzene rings is 3. The summed E-state index contributed by atoms with van der Waals surface area (Å²) in [6.45, 7) is 3.81. The summed E-state index contributed by atoms with van der Waals surface area (Å²) >= 11 is 0. The molecule has 0 saturated heterocycles. The smallest absolute Gasteiger partial charge is 0.268 e. The lowest BCUT2D eigenvalue weighted by Crippen LogP contribution is -2.16. The van der Waals surface area contributed by atoms with Gasteiger partial charge in [-0.25, -0.2) is 12.4 Å². The van der Waals surface area contributed by atoms with Gasteiger partial charge < -0.3 is 4.90 Å². The number of anilines is 2. The van der Waals surface area contributed by atoms with E-state index in [9.17, 15) is 8.42 Å². The lowest BCUT2D eigenvalue weighted by Gasteiger charge is -2.20. The molecule has 4 aromatic rings. The SMILES string of the molecule is Cc1ccc(S(=O)(=O)n2c(C)c(N(C)c3ccccc3)c3ccccc32)cc1. The highest BCUT2D eigenvalue weighted by Crippen LogP contribution is 2.38. The van der Waals surface area contributed by atoms with E-state index in [-0.39, 0.29) is 4.90 Å². The summed E-state index contributed by atoms with van der Waals surface area (Å²) in [4.78, 5) is 2.33. The van der Waals surface area contributed by atoms with E-state index in [1.54, 1.807) is 12.1 Å². The number of aryl methyl sites for hydroxylation is 1. The fraction of sp³-hybridized carbons (Fsp3) is 0.130. The van der Waals surface area contributed by atoms with E-state index in [1.165, 1.54) is 3.97 Å². The normalized spacial score (nSPS) is 11.7. The van der Waals surface area contributed by atoms with Gasteiger partial charge in [-0.1, -0.05) is 54.1 Å². The molecule has 0 saturated carbocycles. The van der Waals surface area contributed by atoms with Gasteiger partial charge in [-0.05, 0) is 44.2 Å². The zero-order chi connectivity index (χ0) is 19.9. The molecule has 0 aliphatic rings. The van der Waals surface area contributed by atoms with Crippen LogP contribution in [-0.4, -0.2) is 19.4 Å². The van der Waals surface area contributed by atoms with Crippen LogP contribution in [0.3, 0.4) is 0 Å². The molecule has 28 heavy (non-hydrogen) atoms. The minimum atomic E-state index is -3.72. The number of rotatable bonds is 4. The Morgan fingerprint density at radius 1 is 0.786 bits per heavy atom. The van der Waals surface area contributed by atoms with Crippen LogP contribution in [0.4, 0.5) is 11.4 Å². The highest BCUT2D eigenvalue weighted by atomic mass is 32.2. The summed E-state index contributed by atoms with van der Waals surface area (Å²) in [7, 11) is -1.75. The second kappa shape index (κ2) is 6.84. The van der Waals surface area contributed by atoms with Crippen molar-refractivity contribution >= 4 is 32.3 Å². The van der Waals surface area contributed by atoms with Gasteiger partial charge >= 0.3 is 0 Å². The van der Waals surface area contributed by atoms with Gasteiger partial charge in [0.15, 0.2) is 0 Å². The molecule has 0 unspecified atom stereocenters. The fourth-order valence-electron chi connectivity index (χ4n) is 3.65. The van der Waals surface area contributed by atoms with Gasteiger partial charge in [0.2, 0.25) is 0 Å². The maximum atomic E-state index is 13.5. The standard InChI is InChI=1S/C23H22N2O2S/c1-17-13-15-20(16-14-17)28(26,27)25-18(2)23(21-11-7-8-12-22(21)25)24(3)19-9-5-4-6-10-19/h4-16H,1-3H3. The quantitative estimate of drug-likeness (QED) is 0.477. The molecule has 4 nitrogen and oxygen atoms in total. The van der Waals surface area contributed by atoms with Crippen LogP contribution in [0.1, 0.15) is 11.3 Å². The van der Waals surface area contributed by atoms with Crippen molar-refractivity contribution in [3.8, 4) is 0 Å². The summed E-state index contributed by atoms with van der Waals surface area (Å²) in [5, 5.41) is 0.905. The topological polar surface area (TPSA) is 42.3 Å². The van der Waals surface area contributed by atoms with E-state index in [1.807, 2.05) is 92.5 Å². The molecule has 5 heteroatoms. The summed E-state index contributed by atoms with van der Waals surface area (Å²) < 4.78 is 28.5. The minimum absolute atomic E-state index is 0.288. The number of para-hydroxylation sites is 2. The molecule has 142 valence electrons. The third-order valence-corrected chi connectivity index (χ3v) is 6.88. The summed E-state index contributed by atoms with van der Waals surface area (Å²) in [6, 6.07) is 24.6. The van der Waals surface area contributed by atoms with Crippen molar-refractivity contribution in [1.29, 1.82) is 0 Å². The molecule has 3 aromatic carbocycles. The molecule has 0 fully saturated rings. The van der Waals surface area contributed by atoms with Crippen LogP contribution in [0.2, 0.25) is 0 Å². The van der Waals surface area contributed by atoms with Crippen LogP contribution < -0.4 is 4.90 Å². The zero-order valence-electron chi connectivity index (χ0n) is 16.1. The first-order valence-corrected chi connectivity index (χ1v) is 10.6. The summed E-state index contributed by atoms with van der Waals surface area (Å²) in [6.07, 6.45) is 0. The van der Waals surface area contributed by atoms with Gasteiger partial charge in [-0.3, -0.25) is 0 Å². The van der Waals surface area contributed by atoms with E-state index in [0.717, 1.165) is 22.3 Å². The third kappa shape index (κ3) is 2.88. The Hall–Kier alpha value is -3.05. The molecule has 4 rings (SSSR count). The van der Waals surface area contributed by atoms with Crippen LogP contribution in [0.25, 0.3) is 10.9 Å². The van der Waals surface area contributed by atoms with Crippen molar-refractivity contribution < 1.29 is 8.42 Å². The highest BCUT2D eigenvalue weighted by molar-refractivity contribution is 7.90. The monoisotopic (exact) mass is 390 g/mol. The molecule has 0 spiro atoms. The Bertz CT molecular complexity index is 1240. The van der Waals surface area contributed by atoms with Crippen molar-refractivity contribution in [2.24, 2.45) is 0 Å². The van der Waals surface area contributed by atoms with E-state index < -0.39 is 10.0 Å². The molecular formula is C23H22N2O2S. The predicted octanol–water partition coefficient (Wildman–Crippen LogP) is 5.26. The van der Waals surface area contributed by atoms with Gasteiger partial charge in [0.05, 0.1) is 21.8 Å². The van der Waals surface area contributed by atoms with Gasteiger partial charge in [0.25, 0.3) is 10.0 Å². The summed E-state index contributed by atoms with van der Waals surface area (Å²) in [5.74, 6) is 0. The number of hydrogen-bond donors (Lipinski definition) is 0. The second-order valence-corrected chi connectivity index (χ2v) is 8.71. The Kier molecular flexibility index (Phi) is 4.47. The zero-order valence-corrected chi connectivity index (χ0v) is 16.9. The number of nitrogens with zero attached hydrogens (tertiary/aromatic N) is 2. The molecule has 0 bridgehead atoms. The van der Waals surface area contributed by atoms with Crippen molar-refractivity contribution in [3.05, 3.63) is 90.1 Å².